The molecule has 3 nitrogen and oxygen atoms in total. The zero-order valence-electron chi connectivity index (χ0n) is 12.6. The van der Waals surface area contributed by atoms with Crippen LogP contribution in [0.25, 0.3) is 0 Å². The van der Waals surface area contributed by atoms with E-state index in [0.717, 1.165) is 18.8 Å². The molecule has 0 aliphatic heterocycles. The number of nitrogens with one attached hydrogen (secondary N) is 1. The molecule has 0 bridgehead atoms. The number of hydrogen-bond acceptors (Lipinski definition) is 3. The van der Waals surface area contributed by atoms with Crippen LogP contribution in [0.2, 0.25) is 0 Å². The Labute approximate surface area is 112 Å². The van der Waals surface area contributed by atoms with Crippen LogP contribution in [-0.2, 0) is 6.54 Å². The molecule has 0 amide bonds. The molecule has 1 N–H and O–H groups in total. The van der Waals surface area contributed by atoms with Crippen molar-refractivity contribution in [3.8, 4) is 0 Å². The van der Waals surface area contributed by atoms with E-state index in [4.69, 9.17) is 0 Å². The predicted octanol–water partition coefficient (Wildman–Crippen LogP) is 3.12. The number of aryl methyl sites for hydroxylation is 1. The topological polar surface area (TPSA) is 28.2 Å². The molecule has 102 valence electrons. The molecule has 1 heterocycles. The molecular formula is C15H27N3. The molecule has 0 saturated carbocycles. The highest BCUT2D eigenvalue weighted by Gasteiger charge is 2.13. The minimum absolute atomic E-state index is 0.494. The first-order chi connectivity index (χ1) is 8.45. The molecule has 0 aliphatic carbocycles. The summed E-state index contributed by atoms with van der Waals surface area (Å²) in [5.41, 5.74) is 3.68. The third kappa shape index (κ3) is 3.98. The van der Waals surface area contributed by atoms with Crippen LogP contribution in [0.5, 0.6) is 0 Å². The van der Waals surface area contributed by atoms with E-state index in [1.807, 2.05) is 6.20 Å². The highest BCUT2D eigenvalue weighted by molar-refractivity contribution is 5.54. The monoisotopic (exact) mass is 249 g/mol. The first-order valence-corrected chi connectivity index (χ1v) is 6.91. The van der Waals surface area contributed by atoms with Gasteiger partial charge in [-0.25, -0.2) is 0 Å². The number of pyridine rings is 1. The first kappa shape index (κ1) is 15.0. The van der Waals surface area contributed by atoms with Gasteiger partial charge in [-0.15, -0.1) is 0 Å². The summed E-state index contributed by atoms with van der Waals surface area (Å²) in [7, 11) is 0. The van der Waals surface area contributed by atoms with Gasteiger partial charge < -0.3 is 10.2 Å². The molecule has 0 spiro atoms. The van der Waals surface area contributed by atoms with Gasteiger partial charge in [-0.05, 0) is 33.8 Å². The van der Waals surface area contributed by atoms with Gasteiger partial charge in [0, 0.05) is 48.3 Å². The highest BCUT2D eigenvalue weighted by atomic mass is 15.2. The Bertz CT molecular complexity index is 372. The summed E-state index contributed by atoms with van der Waals surface area (Å²) in [5.74, 6) is 0. The number of hydrogen-bond donors (Lipinski definition) is 1. The molecule has 1 aromatic rings. The summed E-state index contributed by atoms with van der Waals surface area (Å²) in [6, 6.07) is 3.20. The Balaban J connectivity index is 3.02. The second kappa shape index (κ2) is 6.74. The Morgan fingerprint density at radius 2 is 1.94 bits per heavy atom. The maximum atomic E-state index is 4.43. The van der Waals surface area contributed by atoms with Crippen molar-refractivity contribution in [3.63, 3.8) is 0 Å². The van der Waals surface area contributed by atoms with Gasteiger partial charge in [0.1, 0.15) is 0 Å². The van der Waals surface area contributed by atoms with Crippen LogP contribution < -0.4 is 10.2 Å². The molecule has 0 radical (unpaired) electrons. The summed E-state index contributed by atoms with van der Waals surface area (Å²) in [5, 5.41) is 3.47. The molecule has 1 rings (SSSR count). The fraction of sp³-hybridized carbons (Fsp3) is 0.667. The van der Waals surface area contributed by atoms with Gasteiger partial charge in [-0.1, -0.05) is 13.8 Å². The molecule has 0 aliphatic rings. The van der Waals surface area contributed by atoms with Crippen molar-refractivity contribution in [2.45, 2.75) is 60.2 Å². The van der Waals surface area contributed by atoms with Gasteiger partial charge in [0.05, 0.1) is 0 Å². The Kier molecular flexibility index (Phi) is 5.60. The predicted molar refractivity (Wildman–Crippen MR) is 79.1 cm³/mol. The van der Waals surface area contributed by atoms with Crippen molar-refractivity contribution in [2.75, 3.05) is 11.4 Å². The van der Waals surface area contributed by atoms with Crippen LogP contribution in [0.3, 0.4) is 0 Å². The number of rotatable bonds is 6. The molecule has 0 saturated heterocycles. The van der Waals surface area contributed by atoms with Gasteiger partial charge in [-0.2, -0.15) is 0 Å². The van der Waals surface area contributed by atoms with Gasteiger partial charge in [-0.3, -0.25) is 4.98 Å². The molecular weight excluding hydrogens is 222 g/mol. The summed E-state index contributed by atoms with van der Waals surface area (Å²) in [4.78, 5) is 6.85. The molecule has 3 heteroatoms. The van der Waals surface area contributed by atoms with E-state index in [2.05, 4.69) is 62.8 Å². The largest absolute Gasteiger partial charge is 0.369 e. The normalized spacial score (nSPS) is 11.3. The Morgan fingerprint density at radius 1 is 1.28 bits per heavy atom. The first-order valence-electron chi connectivity index (χ1n) is 6.91. The second-order valence-electron chi connectivity index (χ2n) is 5.37. The molecule has 0 unspecified atom stereocenters. The van der Waals surface area contributed by atoms with Crippen LogP contribution in [0.15, 0.2) is 12.3 Å². The average molecular weight is 249 g/mol. The number of aromatic nitrogens is 1. The summed E-state index contributed by atoms with van der Waals surface area (Å²) in [6.07, 6.45) is 2.01. The molecule has 0 aromatic carbocycles. The molecule has 18 heavy (non-hydrogen) atoms. The van der Waals surface area contributed by atoms with E-state index in [-0.39, 0.29) is 0 Å². The zero-order valence-corrected chi connectivity index (χ0v) is 12.6. The van der Waals surface area contributed by atoms with E-state index in [1.54, 1.807) is 0 Å². The lowest BCUT2D eigenvalue weighted by Crippen LogP contribution is -2.32. The molecule has 0 atom stereocenters. The average Bonchev–Trinajstić information content (AvgIpc) is 2.28. The van der Waals surface area contributed by atoms with E-state index in [9.17, 15) is 0 Å². The van der Waals surface area contributed by atoms with Crippen LogP contribution in [0, 0.1) is 6.92 Å². The number of nitrogens with zero attached hydrogens (tertiary/aromatic N) is 2. The summed E-state index contributed by atoms with van der Waals surface area (Å²) < 4.78 is 0. The smallest absolute Gasteiger partial charge is 0.0447 e. The fourth-order valence-electron chi connectivity index (χ4n) is 2.11. The van der Waals surface area contributed by atoms with Crippen molar-refractivity contribution in [2.24, 2.45) is 0 Å². The Morgan fingerprint density at radius 3 is 2.44 bits per heavy atom. The number of anilines is 1. The van der Waals surface area contributed by atoms with Crippen molar-refractivity contribution in [1.82, 2.24) is 10.3 Å². The van der Waals surface area contributed by atoms with Crippen LogP contribution in [0.1, 0.15) is 45.9 Å². The highest BCUT2D eigenvalue weighted by Crippen LogP contribution is 2.23. The van der Waals surface area contributed by atoms with Gasteiger partial charge in [0.2, 0.25) is 0 Å². The minimum Gasteiger partial charge on any atom is -0.369 e. The van der Waals surface area contributed by atoms with Gasteiger partial charge in [0.15, 0.2) is 0 Å². The maximum Gasteiger partial charge on any atom is 0.0447 e. The van der Waals surface area contributed by atoms with E-state index >= 15 is 0 Å². The maximum absolute atomic E-state index is 4.43. The zero-order chi connectivity index (χ0) is 13.7. The van der Waals surface area contributed by atoms with Crippen LogP contribution in [-0.4, -0.2) is 23.6 Å². The van der Waals surface area contributed by atoms with E-state index in [1.165, 1.54) is 11.3 Å². The fourth-order valence-corrected chi connectivity index (χ4v) is 2.11. The lowest BCUT2D eigenvalue weighted by Gasteiger charge is -2.30. The lowest BCUT2D eigenvalue weighted by molar-refractivity contribution is 0.585. The lowest BCUT2D eigenvalue weighted by atomic mass is 10.1. The van der Waals surface area contributed by atoms with Crippen molar-refractivity contribution >= 4 is 5.69 Å². The second-order valence-corrected chi connectivity index (χ2v) is 5.37. The molecule has 1 aromatic heterocycles. The third-order valence-electron chi connectivity index (χ3n) is 3.07. The van der Waals surface area contributed by atoms with Crippen LogP contribution in [0.4, 0.5) is 5.69 Å². The molecule has 0 fully saturated rings. The summed E-state index contributed by atoms with van der Waals surface area (Å²) in [6.45, 7) is 15.0. The Hall–Kier alpha value is -1.09. The van der Waals surface area contributed by atoms with Crippen molar-refractivity contribution in [1.29, 1.82) is 0 Å². The van der Waals surface area contributed by atoms with Gasteiger partial charge in [0.25, 0.3) is 0 Å². The SMILES string of the molecule is CCN(c1cc(C)ncc1CNC(C)C)C(C)C. The van der Waals surface area contributed by atoms with Crippen LogP contribution >= 0.6 is 0 Å². The third-order valence-corrected chi connectivity index (χ3v) is 3.07. The quantitative estimate of drug-likeness (QED) is 0.839. The summed E-state index contributed by atoms with van der Waals surface area (Å²) >= 11 is 0. The minimum atomic E-state index is 0.494. The van der Waals surface area contributed by atoms with Crippen molar-refractivity contribution < 1.29 is 0 Å². The van der Waals surface area contributed by atoms with Gasteiger partial charge >= 0.3 is 0 Å². The van der Waals surface area contributed by atoms with E-state index < -0.39 is 0 Å². The standard InChI is InChI=1S/C15H27N3/c1-7-18(12(4)5)15-8-13(6)17-10-14(15)9-16-11(2)3/h8,10-12,16H,7,9H2,1-6H3. The van der Waals surface area contributed by atoms with Crippen molar-refractivity contribution in [3.05, 3.63) is 23.5 Å². The van der Waals surface area contributed by atoms with E-state index in [0.29, 0.717) is 12.1 Å².